The molecule has 2 heterocycles. The number of nitrogens with one attached hydrogen (secondary N) is 1. The number of carbonyl (C=O) groups excluding carboxylic acids is 1. The van der Waals surface area contributed by atoms with E-state index in [1.165, 1.54) is 0 Å². The second kappa shape index (κ2) is 8.02. The Balaban J connectivity index is 1.51. The molecule has 1 fully saturated rings. The molecule has 1 aromatic carbocycles. The third kappa shape index (κ3) is 4.11. The molecule has 0 bridgehead atoms. The summed E-state index contributed by atoms with van der Waals surface area (Å²) in [4.78, 5) is 21.2. The maximum Gasteiger partial charge on any atom is 0.238 e. The molecule has 1 aliphatic heterocycles. The molecule has 0 radical (unpaired) electrons. The number of ether oxygens (including phenoxy) is 1. The van der Waals surface area contributed by atoms with E-state index in [9.17, 15) is 4.79 Å². The van der Waals surface area contributed by atoms with Gasteiger partial charge in [0.15, 0.2) is 0 Å². The average molecular weight is 343 g/mol. The highest BCUT2D eigenvalue weighted by Crippen LogP contribution is 2.23. The van der Waals surface area contributed by atoms with Crippen LogP contribution in [0.2, 0.25) is 0 Å². The van der Waals surface area contributed by atoms with Crippen molar-refractivity contribution >= 4 is 17.5 Å². The fourth-order valence-electron chi connectivity index (χ4n) is 3.08. The van der Waals surface area contributed by atoms with Gasteiger partial charge in [-0.05, 0) is 19.1 Å². The van der Waals surface area contributed by atoms with Gasteiger partial charge in [0.2, 0.25) is 11.9 Å². The number of carbonyl (C=O) groups is 1. The van der Waals surface area contributed by atoms with Crippen molar-refractivity contribution in [3.8, 4) is 5.75 Å². The van der Waals surface area contributed by atoms with Crippen LogP contribution in [0.25, 0.3) is 0 Å². The lowest BCUT2D eigenvalue weighted by Crippen LogP contribution is -2.49. The van der Waals surface area contributed by atoms with Crippen LogP contribution in [0.5, 0.6) is 5.75 Å². The van der Waals surface area contributed by atoms with Crippen LogP contribution in [-0.4, -0.2) is 60.2 Å². The first-order valence-electron chi connectivity index (χ1n) is 8.62. The smallest absolute Gasteiger partial charge is 0.238 e. The number of piperazine rings is 1. The third-order valence-corrected chi connectivity index (χ3v) is 4.44. The summed E-state index contributed by atoms with van der Waals surface area (Å²) < 4.78 is 7.41. The van der Waals surface area contributed by atoms with Crippen LogP contribution in [0.15, 0.2) is 36.7 Å². The predicted molar refractivity (Wildman–Crippen MR) is 98.2 cm³/mol. The van der Waals surface area contributed by atoms with Gasteiger partial charge in [-0.15, -0.1) is 0 Å². The van der Waals surface area contributed by atoms with Gasteiger partial charge in [-0.3, -0.25) is 9.69 Å². The van der Waals surface area contributed by atoms with Crippen LogP contribution in [0, 0.1) is 0 Å². The molecule has 1 amide bonds. The molecule has 7 nitrogen and oxygen atoms in total. The molecule has 0 unspecified atom stereocenters. The van der Waals surface area contributed by atoms with E-state index in [1.807, 2.05) is 36.7 Å². The topological polar surface area (TPSA) is 62.6 Å². The number of imidazole rings is 1. The summed E-state index contributed by atoms with van der Waals surface area (Å²) in [6, 6.07) is 7.45. The summed E-state index contributed by atoms with van der Waals surface area (Å²) in [7, 11) is 1.60. The van der Waals surface area contributed by atoms with E-state index in [4.69, 9.17) is 4.74 Å². The summed E-state index contributed by atoms with van der Waals surface area (Å²) in [5.74, 6) is 1.67. The van der Waals surface area contributed by atoms with Crippen molar-refractivity contribution < 1.29 is 9.53 Å². The van der Waals surface area contributed by atoms with Crippen molar-refractivity contribution in [2.75, 3.05) is 50.1 Å². The van der Waals surface area contributed by atoms with E-state index in [0.29, 0.717) is 18.0 Å². The zero-order valence-corrected chi connectivity index (χ0v) is 14.8. The van der Waals surface area contributed by atoms with Crippen LogP contribution in [-0.2, 0) is 11.3 Å². The molecule has 1 aliphatic rings. The fraction of sp³-hybridized carbons (Fsp3) is 0.444. The van der Waals surface area contributed by atoms with Crippen LogP contribution < -0.4 is 15.0 Å². The Labute approximate surface area is 148 Å². The Bertz CT molecular complexity index is 707. The molecular formula is C18H25N5O2. The number of rotatable bonds is 6. The molecule has 1 saturated heterocycles. The first-order valence-corrected chi connectivity index (χ1v) is 8.62. The number of amides is 1. The van der Waals surface area contributed by atoms with Crippen LogP contribution >= 0.6 is 0 Å². The van der Waals surface area contributed by atoms with Crippen LogP contribution in [0.1, 0.15) is 6.92 Å². The Kier molecular flexibility index (Phi) is 5.55. The van der Waals surface area contributed by atoms with E-state index in [1.54, 1.807) is 7.11 Å². The quantitative estimate of drug-likeness (QED) is 0.864. The van der Waals surface area contributed by atoms with Crippen molar-refractivity contribution in [2.24, 2.45) is 0 Å². The van der Waals surface area contributed by atoms with E-state index < -0.39 is 0 Å². The van der Waals surface area contributed by atoms with Crippen LogP contribution in [0.4, 0.5) is 11.6 Å². The zero-order valence-electron chi connectivity index (χ0n) is 14.8. The molecule has 0 atom stereocenters. The van der Waals surface area contributed by atoms with Gasteiger partial charge in [0.05, 0.1) is 19.3 Å². The molecule has 25 heavy (non-hydrogen) atoms. The lowest BCUT2D eigenvalue weighted by Gasteiger charge is -2.35. The first kappa shape index (κ1) is 17.3. The van der Waals surface area contributed by atoms with E-state index in [-0.39, 0.29) is 5.91 Å². The molecule has 1 N–H and O–H groups in total. The highest BCUT2D eigenvalue weighted by Gasteiger charge is 2.21. The molecule has 7 heteroatoms. The van der Waals surface area contributed by atoms with Gasteiger partial charge < -0.3 is 19.5 Å². The zero-order chi connectivity index (χ0) is 17.6. The van der Waals surface area contributed by atoms with Gasteiger partial charge in [-0.1, -0.05) is 12.1 Å². The second-order valence-electron chi connectivity index (χ2n) is 6.02. The van der Waals surface area contributed by atoms with E-state index >= 15 is 0 Å². The number of methoxy groups -OCH3 is 1. The Morgan fingerprint density at radius 1 is 1.24 bits per heavy atom. The average Bonchev–Trinajstić information content (AvgIpc) is 3.11. The molecule has 2 aromatic rings. The number of hydrogen-bond donors (Lipinski definition) is 1. The maximum atomic E-state index is 12.3. The number of anilines is 2. The van der Waals surface area contributed by atoms with Crippen molar-refractivity contribution in [1.82, 2.24) is 14.5 Å². The molecule has 3 rings (SSSR count). The summed E-state index contributed by atoms with van der Waals surface area (Å²) in [5, 5.41) is 2.93. The summed E-state index contributed by atoms with van der Waals surface area (Å²) in [5.41, 5.74) is 0.707. The molecule has 0 aliphatic carbocycles. The number of hydrogen-bond acceptors (Lipinski definition) is 5. The van der Waals surface area contributed by atoms with Crippen molar-refractivity contribution in [3.05, 3.63) is 36.7 Å². The van der Waals surface area contributed by atoms with Crippen molar-refractivity contribution in [1.29, 1.82) is 0 Å². The Morgan fingerprint density at radius 3 is 2.72 bits per heavy atom. The minimum absolute atomic E-state index is 0.0204. The van der Waals surface area contributed by atoms with E-state index in [2.05, 4.69) is 31.6 Å². The standard InChI is InChI=1S/C18H25N5O2/c1-3-22-9-8-19-18(22)23-12-10-21(11-13-23)14-17(24)20-15-6-4-5-7-16(15)25-2/h4-9H,3,10-14H2,1-2H3,(H,20,24). The van der Waals surface area contributed by atoms with Gasteiger partial charge in [-0.2, -0.15) is 0 Å². The fourth-order valence-corrected chi connectivity index (χ4v) is 3.08. The lowest BCUT2D eigenvalue weighted by atomic mass is 10.3. The van der Waals surface area contributed by atoms with Gasteiger partial charge in [0.1, 0.15) is 5.75 Å². The van der Waals surface area contributed by atoms with Crippen LogP contribution in [0.3, 0.4) is 0 Å². The number of aryl methyl sites for hydroxylation is 1. The third-order valence-electron chi connectivity index (χ3n) is 4.44. The SMILES string of the molecule is CCn1ccnc1N1CCN(CC(=O)Nc2ccccc2OC)CC1. The monoisotopic (exact) mass is 343 g/mol. The summed E-state index contributed by atoms with van der Waals surface area (Å²) >= 11 is 0. The van der Waals surface area contributed by atoms with Crippen molar-refractivity contribution in [2.45, 2.75) is 13.5 Å². The number of nitrogens with zero attached hydrogens (tertiary/aromatic N) is 4. The number of benzene rings is 1. The largest absolute Gasteiger partial charge is 0.495 e. The Hall–Kier alpha value is -2.54. The minimum Gasteiger partial charge on any atom is -0.495 e. The summed E-state index contributed by atoms with van der Waals surface area (Å²) in [6.45, 7) is 6.85. The van der Waals surface area contributed by atoms with Crippen molar-refractivity contribution in [3.63, 3.8) is 0 Å². The normalized spacial score (nSPS) is 15.2. The number of para-hydroxylation sites is 2. The molecule has 1 aromatic heterocycles. The molecule has 0 spiro atoms. The van der Waals surface area contributed by atoms with E-state index in [0.717, 1.165) is 38.7 Å². The minimum atomic E-state index is -0.0204. The van der Waals surface area contributed by atoms with Gasteiger partial charge in [-0.25, -0.2) is 4.98 Å². The Morgan fingerprint density at radius 2 is 2.00 bits per heavy atom. The summed E-state index contributed by atoms with van der Waals surface area (Å²) in [6.07, 6.45) is 3.84. The maximum absolute atomic E-state index is 12.3. The van der Waals surface area contributed by atoms with Gasteiger partial charge >= 0.3 is 0 Å². The lowest BCUT2D eigenvalue weighted by molar-refractivity contribution is -0.117. The van der Waals surface area contributed by atoms with Gasteiger partial charge in [0, 0.05) is 45.1 Å². The van der Waals surface area contributed by atoms with Gasteiger partial charge in [0.25, 0.3) is 0 Å². The first-order chi connectivity index (χ1) is 12.2. The highest BCUT2D eigenvalue weighted by atomic mass is 16.5. The molecule has 0 saturated carbocycles. The second-order valence-corrected chi connectivity index (χ2v) is 6.02. The number of aromatic nitrogens is 2. The molecule has 134 valence electrons. The highest BCUT2D eigenvalue weighted by molar-refractivity contribution is 5.93. The predicted octanol–water partition coefficient (Wildman–Crippen LogP) is 1.67. The molecular weight excluding hydrogens is 318 g/mol.